The van der Waals surface area contributed by atoms with Gasteiger partial charge in [0.15, 0.2) is 0 Å². The van der Waals surface area contributed by atoms with Gasteiger partial charge in [-0.15, -0.1) is 0 Å². The summed E-state index contributed by atoms with van der Waals surface area (Å²) in [5.74, 6) is -1.28. The largest absolute Gasteiger partial charge is 0.480 e. The lowest BCUT2D eigenvalue weighted by Gasteiger charge is -2.21. The first-order valence-corrected chi connectivity index (χ1v) is 8.22. The van der Waals surface area contributed by atoms with Gasteiger partial charge in [-0.2, -0.15) is 13.0 Å². The number of hydrogen-bond donors (Lipinski definition) is 2. The fourth-order valence-electron chi connectivity index (χ4n) is 2.39. The molecule has 112 valence electrons. The molecule has 2 aliphatic rings. The highest BCUT2D eigenvalue weighted by atomic mass is 32.2. The molecule has 1 aromatic carbocycles. The van der Waals surface area contributed by atoms with Crippen LogP contribution in [0.15, 0.2) is 31.8 Å². The van der Waals surface area contributed by atoms with Gasteiger partial charge >= 0.3 is 5.97 Å². The molecule has 1 aromatic rings. The van der Waals surface area contributed by atoms with Crippen molar-refractivity contribution in [2.75, 3.05) is 6.54 Å². The molecule has 2 aliphatic heterocycles. The number of carbonyl (C=O) groups is 1. The number of aliphatic hydroxyl groups is 1. The summed E-state index contributed by atoms with van der Waals surface area (Å²) >= 11 is 0.885. The smallest absolute Gasteiger partial charge is 0.322 e. The summed E-state index contributed by atoms with van der Waals surface area (Å²) in [6, 6.07) is 3.25. The van der Waals surface area contributed by atoms with Crippen LogP contribution >= 0.6 is 0 Å². The Kier molecular flexibility index (Phi) is 3.40. The van der Waals surface area contributed by atoms with Crippen molar-refractivity contribution in [3.05, 3.63) is 18.2 Å². The van der Waals surface area contributed by atoms with Crippen molar-refractivity contribution in [1.82, 2.24) is 4.31 Å². The molecule has 0 aliphatic carbocycles. The van der Waals surface area contributed by atoms with E-state index in [-0.39, 0.29) is 23.5 Å². The van der Waals surface area contributed by atoms with E-state index >= 15 is 0 Å². The molecule has 2 N–H and O–H groups in total. The first-order chi connectivity index (χ1) is 9.91. The first kappa shape index (κ1) is 14.3. The summed E-state index contributed by atoms with van der Waals surface area (Å²) in [4.78, 5) is 11.1. The zero-order valence-corrected chi connectivity index (χ0v) is 12.2. The van der Waals surface area contributed by atoms with Crippen LogP contribution in [0.25, 0.3) is 0 Å². The number of benzene rings is 1. The third kappa shape index (κ3) is 2.29. The van der Waals surface area contributed by atoms with Crippen LogP contribution in [-0.4, -0.2) is 47.6 Å². The van der Waals surface area contributed by atoms with E-state index in [4.69, 9.17) is 5.11 Å². The Morgan fingerprint density at radius 3 is 2.86 bits per heavy atom. The molecule has 0 unspecified atom stereocenters. The second-order valence-corrected chi connectivity index (χ2v) is 7.09. The number of fused-ring (bicyclic) bond motifs is 1. The second kappa shape index (κ2) is 4.98. The van der Waals surface area contributed by atoms with Crippen molar-refractivity contribution in [2.24, 2.45) is 8.73 Å². The number of β-amino-alcohol motifs (C(OH)–C–C–N with tert-alkyl or cyclic N) is 1. The Labute approximate surface area is 124 Å². The van der Waals surface area contributed by atoms with Gasteiger partial charge in [-0.3, -0.25) is 4.79 Å². The minimum absolute atomic E-state index is 0.0888. The highest BCUT2D eigenvalue weighted by Crippen LogP contribution is 2.39. The number of sulfonamides is 1. The van der Waals surface area contributed by atoms with Gasteiger partial charge in [-0.05, 0) is 12.1 Å². The lowest BCUT2D eigenvalue weighted by Crippen LogP contribution is -2.40. The molecule has 21 heavy (non-hydrogen) atoms. The number of hydrogen-bond acceptors (Lipinski definition) is 6. The van der Waals surface area contributed by atoms with E-state index < -0.39 is 28.1 Å². The molecule has 0 amide bonds. The highest BCUT2D eigenvalue weighted by molar-refractivity contribution is 7.89. The summed E-state index contributed by atoms with van der Waals surface area (Å²) in [5.41, 5.74) is 0.653. The van der Waals surface area contributed by atoms with Crippen molar-refractivity contribution < 1.29 is 23.4 Å². The normalized spacial score (nSPS) is 24.8. The Balaban J connectivity index is 2.08. The van der Waals surface area contributed by atoms with E-state index in [0.717, 1.165) is 15.7 Å². The Bertz CT molecular complexity index is 785. The minimum Gasteiger partial charge on any atom is -0.480 e. The summed E-state index contributed by atoms with van der Waals surface area (Å²) in [7, 11) is -4.07. The lowest BCUT2D eigenvalue weighted by molar-refractivity contribution is -0.140. The first-order valence-electron chi connectivity index (χ1n) is 6.05. The predicted molar refractivity (Wildman–Crippen MR) is 73.9 cm³/mol. The summed E-state index contributed by atoms with van der Waals surface area (Å²) in [6.07, 6.45) is -1.12. The van der Waals surface area contributed by atoms with E-state index in [1.807, 2.05) is 0 Å². The summed E-state index contributed by atoms with van der Waals surface area (Å²) in [6.45, 7) is -0.243. The Morgan fingerprint density at radius 1 is 1.38 bits per heavy atom. The third-order valence-electron chi connectivity index (χ3n) is 3.35. The van der Waals surface area contributed by atoms with Gasteiger partial charge in [0.25, 0.3) is 0 Å². The van der Waals surface area contributed by atoms with Gasteiger partial charge in [-0.25, -0.2) is 8.42 Å². The number of aliphatic hydroxyl groups excluding tert-OH is 1. The van der Waals surface area contributed by atoms with E-state index in [9.17, 15) is 18.3 Å². The van der Waals surface area contributed by atoms with E-state index in [0.29, 0.717) is 5.69 Å². The average Bonchev–Trinajstić information content (AvgIpc) is 3.03. The van der Waals surface area contributed by atoms with Crippen LogP contribution in [0.2, 0.25) is 0 Å². The van der Waals surface area contributed by atoms with Gasteiger partial charge < -0.3 is 10.2 Å². The number of rotatable bonds is 3. The fourth-order valence-corrected chi connectivity index (χ4v) is 4.78. The Hall–Kier alpha value is -1.62. The molecule has 2 heterocycles. The monoisotopic (exact) mass is 329 g/mol. The van der Waals surface area contributed by atoms with Crippen LogP contribution in [0.4, 0.5) is 11.4 Å². The molecule has 0 spiro atoms. The zero-order chi connectivity index (χ0) is 15.2. The van der Waals surface area contributed by atoms with Crippen LogP contribution in [0.3, 0.4) is 0 Å². The van der Waals surface area contributed by atoms with Gasteiger partial charge in [0.2, 0.25) is 10.0 Å². The molecule has 3 rings (SSSR count). The number of carboxylic acid groups (broad SMARTS) is 1. The molecule has 0 saturated carbocycles. The highest BCUT2D eigenvalue weighted by Gasteiger charge is 2.44. The summed E-state index contributed by atoms with van der Waals surface area (Å²) in [5, 5.41) is 18.7. The number of nitrogens with zero attached hydrogens (tertiary/aromatic N) is 3. The van der Waals surface area contributed by atoms with Crippen molar-refractivity contribution in [3.8, 4) is 0 Å². The minimum atomic E-state index is -4.07. The van der Waals surface area contributed by atoms with Crippen LogP contribution in [0, 0.1) is 0 Å². The van der Waals surface area contributed by atoms with Crippen LogP contribution in [0.5, 0.6) is 0 Å². The fraction of sp³-hybridized carbons (Fsp3) is 0.364. The molecule has 1 fully saturated rings. The maximum atomic E-state index is 12.7. The quantitative estimate of drug-likeness (QED) is 0.855. The molecule has 8 nitrogen and oxygen atoms in total. The van der Waals surface area contributed by atoms with Crippen molar-refractivity contribution in [1.29, 1.82) is 0 Å². The molecular formula is C11H11N3O5S2. The topological polar surface area (TPSA) is 120 Å². The van der Waals surface area contributed by atoms with Crippen molar-refractivity contribution in [2.45, 2.75) is 23.5 Å². The van der Waals surface area contributed by atoms with Gasteiger partial charge in [0.1, 0.15) is 22.3 Å². The Morgan fingerprint density at radius 2 is 2.14 bits per heavy atom. The van der Waals surface area contributed by atoms with Gasteiger partial charge in [-0.1, -0.05) is 6.07 Å². The molecule has 10 heteroatoms. The average molecular weight is 329 g/mol. The molecule has 1 saturated heterocycles. The number of aliphatic carboxylic acids is 1. The van der Waals surface area contributed by atoms with Crippen LogP contribution in [-0.2, 0) is 26.2 Å². The second-order valence-electron chi connectivity index (χ2n) is 4.71. The standard InChI is InChI=1S/C11H11N3O5S2/c15-6-4-8(11(16)17)14(5-6)21(18,19)9-3-1-2-7-10(9)13-20-12-7/h1-3,6,8,15H,4-5H2,(H,16,17)/t6-,8-/m1/s1. The maximum Gasteiger partial charge on any atom is 0.322 e. The van der Waals surface area contributed by atoms with Crippen molar-refractivity contribution in [3.63, 3.8) is 0 Å². The molecular weight excluding hydrogens is 318 g/mol. The maximum absolute atomic E-state index is 12.7. The molecule has 0 aromatic heterocycles. The van der Waals surface area contributed by atoms with Gasteiger partial charge in [0, 0.05) is 13.0 Å². The van der Waals surface area contributed by atoms with Crippen LogP contribution in [0.1, 0.15) is 6.42 Å². The van der Waals surface area contributed by atoms with Crippen LogP contribution < -0.4 is 0 Å². The molecule has 2 atom stereocenters. The zero-order valence-electron chi connectivity index (χ0n) is 10.6. The number of carboxylic acids is 1. The lowest BCUT2D eigenvalue weighted by atomic mass is 10.2. The third-order valence-corrected chi connectivity index (χ3v) is 5.80. The predicted octanol–water partition coefficient (Wildman–Crippen LogP) is 0.622. The van der Waals surface area contributed by atoms with Gasteiger partial charge in [0.05, 0.1) is 17.5 Å². The molecule has 0 bridgehead atoms. The van der Waals surface area contributed by atoms with E-state index in [1.54, 1.807) is 6.07 Å². The summed E-state index contributed by atoms with van der Waals surface area (Å²) < 4.78 is 34.1. The molecule has 0 radical (unpaired) electrons. The van der Waals surface area contributed by atoms with E-state index in [2.05, 4.69) is 8.73 Å². The van der Waals surface area contributed by atoms with Crippen molar-refractivity contribution >= 4 is 38.7 Å². The van der Waals surface area contributed by atoms with E-state index in [1.165, 1.54) is 12.1 Å². The SMILES string of the molecule is O=C(O)[C@H]1C[C@@H](O)CN1S(=O)(=O)c1cccc2c1N=S=N2.